The SMILES string of the molecule is O=C(O)[C@@H]1CN(C(=O)CCCCc2ccc(Br)cc2)CCO1. The van der Waals surface area contributed by atoms with E-state index in [1.54, 1.807) is 4.90 Å². The fourth-order valence-corrected chi connectivity index (χ4v) is 2.70. The molecule has 1 aromatic carbocycles. The van der Waals surface area contributed by atoms with Crippen molar-refractivity contribution in [2.24, 2.45) is 0 Å². The van der Waals surface area contributed by atoms with E-state index < -0.39 is 12.1 Å². The topological polar surface area (TPSA) is 66.8 Å². The molecule has 1 atom stereocenters. The van der Waals surface area contributed by atoms with E-state index in [-0.39, 0.29) is 12.5 Å². The summed E-state index contributed by atoms with van der Waals surface area (Å²) in [5, 5.41) is 8.93. The van der Waals surface area contributed by atoms with E-state index in [1.807, 2.05) is 12.1 Å². The third-order valence-electron chi connectivity index (χ3n) is 3.71. The molecule has 1 aromatic rings. The number of halogens is 1. The minimum atomic E-state index is -1.01. The molecule has 1 aliphatic rings. The van der Waals surface area contributed by atoms with Gasteiger partial charge in [0.25, 0.3) is 0 Å². The van der Waals surface area contributed by atoms with Gasteiger partial charge in [0, 0.05) is 17.4 Å². The van der Waals surface area contributed by atoms with Crippen molar-refractivity contribution in [2.75, 3.05) is 19.7 Å². The first-order valence-corrected chi connectivity index (χ1v) is 8.22. The number of carboxylic acids is 1. The molecule has 2 rings (SSSR count). The van der Waals surface area contributed by atoms with Crippen molar-refractivity contribution in [1.82, 2.24) is 4.90 Å². The van der Waals surface area contributed by atoms with Crippen LogP contribution in [0.4, 0.5) is 0 Å². The van der Waals surface area contributed by atoms with E-state index in [0.717, 1.165) is 23.7 Å². The molecule has 0 aromatic heterocycles. The molecule has 0 unspecified atom stereocenters. The maximum Gasteiger partial charge on any atom is 0.334 e. The van der Waals surface area contributed by atoms with Crippen LogP contribution >= 0.6 is 15.9 Å². The third-order valence-corrected chi connectivity index (χ3v) is 4.24. The predicted octanol–water partition coefficient (Wildman–Crippen LogP) is 2.47. The van der Waals surface area contributed by atoms with Gasteiger partial charge in [0.2, 0.25) is 5.91 Å². The van der Waals surface area contributed by atoms with Crippen molar-refractivity contribution in [3.63, 3.8) is 0 Å². The second-order valence-electron chi connectivity index (χ2n) is 5.37. The van der Waals surface area contributed by atoms with Crippen molar-refractivity contribution in [2.45, 2.75) is 31.8 Å². The largest absolute Gasteiger partial charge is 0.479 e. The van der Waals surface area contributed by atoms with Crippen molar-refractivity contribution in [1.29, 1.82) is 0 Å². The third kappa shape index (κ3) is 5.10. The first-order chi connectivity index (χ1) is 10.6. The van der Waals surface area contributed by atoms with Crippen LogP contribution in [0.25, 0.3) is 0 Å². The Balaban J connectivity index is 1.69. The second-order valence-corrected chi connectivity index (χ2v) is 6.29. The molecule has 1 saturated heterocycles. The number of carbonyl (C=O) groups excluding carboxylic acids is 1. The molecule has 120 valence electrons. The summed E-state index contributed by atoms with van der Waals surface area (Å²) in [5.74, 6) is -0.988. The molecule has 6 heteroatoms. The zero-order valence-electron chi connectivity index (χ0n) is 12.3. The molecule has 1 fully saturated rings. The standard InChI is InChI=1S/C16H20BrNO4/c17-13-7-5-12(6-8-13)3-1-2-4-15(19)18-9-10-22-14(11-18)16(20)21/h5-8,14H,1-4,9-11H2,(H,20,21)/t14-/m0/s1. The number of benzene rings is 1. The van der Waals surface area contributed by atoms with Crippen LogP contribution in [0.3, 0.4) is 0 Å². The van der Waals surface area contributed by atoms with Crippen molar-refractivity contribution in [3.05, 3.63) is 34.3 Å². The van der Waals surface area contributed by atoms with Crippen LogP contribution in [-0.2, 0) is 20.7 Å². The number of amides is 1. The molecule has 5 nitrogen and oxygen atoms in total. The number of rotatable bonds is 6. The molecule has 0 spiro atoms. The Morgan fingerprint density at radius 1 is 1.27 bits per heavy atom. The first kappa shape index (κ1) is 17.0. The normalized spacial score (nSPS) is 18.2. The van der Waals surface area contributed by atoms with Gasteiger partial charge in [-0.1, -0.05) is 28.1 Å². The van der Waals surface area contributed by atoms with E-state index >= 15 is 0 Å². The lowest BCUT2D eigenvalue weighted by atomic mass is 10.1. The maximum absolute atomic E-state index is 12.1. The van der Waals surface area contributed by atoms with Crippen molar-refractivity contribution < 1.29 is 19.4 Å². The molecule has 1 amide bonds. The highest BCUT2D eigenvalue weighted by Gasteiger charge is 2.28. The Morgan fingerprint density at radius 2 is 2.00 bits per heavy atom. The number of nitrogens with zero attached hydrogens (tertiary/aromatic N) is 1. The summed E-state index contributed by atoms with van der Waals surface area (Å²) >= 11 is 3.40. The quantitative estimate of drug-likeness (QED) is 0.782. The molecule has 22 heavy (non-hydrogen) atoms. The fourth-order valence-electron chi connectivity index (χ4n) is 2.44. The second kappa shape index (κ2) is 8.29. The van der Waals surface area contributed by atoms with Gasteiger partial charge in [0.05, 0.1) is 13.2 Å². The van der Waals surface area contributed by atoms with E-state index in [2.05, 4.69) is 28.1 Å². The van der Waals surface area contributed by atoms with Gasteiger partial charge in [-0.2, -0.15) is 0 Å². The number of carboxylic acid groups (broad SMARTS) is 1. The average molecular weight is 370 g/mol. The lowest BCUT2D eigenvalue weighted by molar-refractivity contribution is -0.159. The number of hydrogen-bond donors (Lipinski definition) is 1. The van der Waals surface area contributed by atoms with E-state index in [4.69, 9.17) is 9.84 Å². The molecule has 1 heterocycles. The lowest BCUT2D eigenvalue weighted by Gasteiger charge is -2.30. The van der Waals surface area contributed by atoms with E-state index in [1.165, 1.54) is 5.56 Å². The Kier molecular flexibility index (Phi) is 6.39. The van der Waals surface area contributed by atoms with Gasteiger partial charge in [-0.25, -0.2) is 4.79 Å². The number of aryl methyl sites for hydroxylation is 1. The summed E-state index contributed by atoms with van der Waals surface area (Å²) in [6, 6.07) is 8.18. The molecule has 0 bridgehead atoms. The van der Waals surface area contributed by atoms with Crippen LogP contribution in [-0.4, -0.2) is 47.7 Å². The highest BCUT2D eigenvalue weighted by Crippen LogP contribution is 2.14. The average Bonchev–Trinajstić information content (AvgIpc) is 2.53. The minimum absolute atomic E-state index is 0.0188. The van der Waals surface area contributed by atoms with Gasteiger partial charge in [-0.15, -0.1) is 0 Å². The summed E-state index contributed by atoms with van der Waals surface area (Å²) < 4.78 is 6.18. The number of carbonyl (C=O) groups is 2. The van der Waals surface area contributed by atoms with Crippen molar-refractivity contribution in [3.8, 4) is 0 Å². The maximum atomic E-state index is 12.1. The summed E-state index contributed by atoms with van der Waals surface area (Å²) in [5.41, 5.74) is 1.26. The van der Waals surface area contributed by atoms with Crippen LogP contribution < -0.4 is 0 Å². The molecular formula is C16H20BrNO4. The summed E-state index contributed by atoms with van der Waals surface area (Å²) in [6.45, 7) is 0.928. The molecule has 1 aliphatic heterocycles. The van der Waals surface area contributed by atoms with Crippen LogP contribution in [0, 0.1) is 0 Å². The smallest absolute Gasteiger partial charge is 0.334 e. The zero-order chi connectivity index (χ0) is 15.9. The Labute approximate surface area is 138 Å². The fraction of sp³-hybridized carbons (Fsp3) is 0.500. The van der Waals surface area contributed by atoms with Gasteiger partial charge in [0.15, 0.2) is 6.10 Å². The van der Waals surface area contributed by atoms with Gasteiger partial charge in [0.1, 0.15) is 0 Å². The van der Waals surface area contributed by atoms with Gasteiger partial charge >= 0.3 is 5.97 Å². The van der Waals surface area contributed by atoms with Crippen LogP contribution in [0.2, 0.25) is 0 Å². The van der Waals surface area contributed by atoms with Crippen LogP contribution in [0.15, 0.2) is 28.7 Å². The number of morpholine rings is 1. The monoisotopic (exact) mass is 369 g/mol. The van der Waals surface area contributed by atoms with Gasteiger partial charge in [-0.3, -0.25) is 4.79 Å². The first-order valence-electron chi connectivity index (χ1n) is 7.43. The van der Waals surface area contributed by atoms with Gasteiger partial charge < -0.3 is 14.7 Å². The van der Waals surface area contributed by atoms with E-state index in [0.29, 0.717) is 19.6 Å². The molecule has 0 saturated carbocycles. The summed E-state index contributed by atoms with van der Waals surface area (Å²) in [6.07, 6.45) is 2.27. The van der Waals surface area contributed by atoms with Crippen LogP contribution in [0.1, 0.15) is 24.8 Å². The molecular weight excluding hydrogens is 350 g/mol. The number of ether oxygens (including phenoxy) is 1. The van der Waals surface area contributed by atoms with Crippen LogP contribution in [0.5, 0.6) is 0 Å². The highest BCUT2D eigenvalue weighted by atomic mass is 79.9. The highest BCUT2D eigenvalue weighted by molar-refractivity contribution is 9.10. The lowest BCUT2D eigenvalue weighted by Crippen LogP contribution is -2.48. The predicted molar refractivity (Wildman–Crippen MR) is 85.7 cm³/mol. The Hall–Kier alpha value is -1.40. The Morgan fingerprint density at radius 3 is 2.68 bits per heavy atom. The molecule has 0 radical (unpaired) electrons. The summed E-state index contributed by atoms with van der Waals surface area (Å²) in [4.78, 5) is 24.6. The number of hydrogen-bond acceptors (Lipinski definition) is 3. The molecule has 1 N–H and O–H groups in total. The molecule has 0 aliphatic carbocycles. The summed E-state index contributed by atoms with van der Waals surface area (Å²) in [7, 11) is 0. The number of unbranched alkanes of at least 4 members (excludes halogenated alkanes) is 1. The van der Waals surface area contributed by atoms with Crippen molar-refractivity contribution >= 4 is 27.8 Å². The number of aliphatic carboxylic acids is 1. The minimum Gasteiger partial charge on any atom is -0.479 e. The van der Waals surface area contributed by atoms with Gasteiger partial charge in [-0.05, 0) is 37.0 Å². The zero-order valence-corrected chi connectivity index (χ0v) is 13.9. The van der Waals surface area contributed by atoms with E-state index in [9.17, 15) is 9.59 Å². The Bertz CT molecular complexity index is 517.